The quantitative estimate of drug-likeness (QED) is 0.239. The predicted molar refractivity (Wildman–Crippen MR) is 155 cm³/mol. The average Bonchev–Trinajstić information content (AvgIpc) is 3.60. The molecule has 1 aliphatic heterocycles. The average molecular weight is 585 g/mol. The number of alkyl halides is 3. The van der Waals surface area contributed by atoms with Gasteiger partial charge in [0.2, 0.25) is 0 Å². The van der Waals surface area contributed by atoms with E-state index in [-0.39, 0.29) is 11.3 Å². The number of para-hydroxylation sites is 1. The molecule has 0 saturated heterocycles. The van der Waals surface area contributed by atoms with Crippen molar-refractivity contribution in [2.45, 2.75) is 25.1 Å². The molecule has 3 heterocycles. The van der Waals surface area contributed by atoms with Crippen molar-refractivity contribution in [1.29, 1.82) is 0 Å². The van der Waals surface area contributed by atoms with Crippen LogP contribution in [0.2, 0.25) is 0 Å². The van der Waals surface area contributed by atoms with Gasteiger partial charge in [0.15, 0.2) is 4.80 Å². The Morgan fingerprint density at radius 3 is 2.64 bits per heavy atom. The number of thiazole rings is 1. The van der Waals surface area contributed by atoms with Gasteiger partial charge in [-0.1, -0.05) is 65.9 Å². The molecule has 0 saturated carbocycles. The highest BCUT2D eigenvalue weighted by atomic mass is 32.1. The molecule has 0 spiro atoms. The first kappa shape index (κ1) is 26.3. The highest BCUT2D eigenvalue weighted by molar-refractivity contribution is 7.07. The number of hydrogen-bond acceptors (Lipinski definition) is 5. The van der Waals surface area contributed by atoms with Crippen LogP contribution in [0.5, 0.6) is 5.75 Å². The zero-order valence-corrected chi connectivity index (χ0v) is 23.1. The summed E-state index contributed by atoms with van der Waals surface area (Å²) in [5.74, 6) is 1.32. The van der Waals surface area contributed by atoms with Gasteiger partial charge < -0.3 is 9.15 Å². The number of halogens is 3. The first-order valence-electron chi connectivity index (χ1n) is 13.4. The lowest BCUT2D eigenvalue weighted by atomic mass is 9.83. The van der Waals surface area contributed by atoms with Crippen LogP contribution in [0.25, 0.3) is 23.1 Å². The van der Waals surface area contributed by atoms with Crippen LogP contribution in [0.1, 0.15) is 40.5 Å². The zero-order chi connectivity index (χ0) is 29.0. The molecule has 5 nitrogen and oxygen atoms in total. The number of furan rings is 1. The Labute approximate surface area is 242 Å². The van der Waals surface area contributed by atoms with Crippen LogP contribution in [0.3, 0.4) is 0 Å². The summed E-state index contributed by atoms with van der Waals surface area (Å²) in [6, 6.07) is 23.7. The van der Waals surface area contributed by atoms with Crippen molar-refractivity contribution >= 4 is 23.1 Å². The normalized spacial score (nSPS) is 16.5. The van der Waals surface area contributed by atoms with E-state index in [1.807, 2.05) is 36.4 Å². The number of rotatable bonds is 4. The van der Waals surface area contributed by atoms with Crippen molar-refractivity contribution in [3.63, 3.8) is 0 Å². The summed E-state index contributed by atoms with van der Waals surface area (Å²) in [5.41, 5.74) is 4.41. The Morgan fingerprint density at radius 1 is 1.00 bits per heavy atom. The van der Waals surface area contributed by atoms with Gasteiger partial charge in [0.25, 0.3) is 5.56 Å². The molecule has 2 aliphatic rings. The fourth-order valence-corrected chi connectivity index (χ4v) is 6.74. The molecule has 0 N–H and O–H groups in total. The lowest BCUT2D eigenvalue weighted by Crippen LogP contribution is -2.38. The summed E-state index contributed by atoms with van der Waals surface area (Å²) in [5, 5.41) is 0. The van der Waals surface area contributed by atoms with Gasteiger partial charge in [-0.15, -0.1) is 0 Å². The third kappa shape index (κ3) is 4.41. The smallest absolute Gasteiger partial charge is 0.416 e. The van der Waals surface area contributed by atoms with Gasteiger partial charge >= 0.3 is 6.18 Å². The topological polar surface area (TPSA) is 56.7 Å². The number of allylic oxidation sites excluding steroid dienone is 1. The molecule has 9 heteroatoms. The van der Waals surface area contributed by atoms with Gasteiger partial charge in [-0.3, -0.25) is 9.36 Å². The first-order valence-corrected chi connectivity index (χ1v) is 14.2. The molecule has 0 amide bonds. The van der Waals surface area contributed by atoms with Crippen LogP contribution in [0, 0.1) is 0 Å². The van der Waals surface area contributed by atoms with Gasteiger partial charge in [-0.25, -0.2) is 4.99 Å². The van der Waals surface area contributed by atoms with E-state index in [0.29, 0.717) is 26.4 Å². The number of fused-ring (bicyclic) bond motifs is 3. The number of ether oxygens (including phenoxy) is 1. The van der Waals surface area contributed by atoms with Gasteiger partial charge in [-0.2, -0.15) is 13.2 Å². The first-order chi connectivity index (χ1) is 20.3. The maximum atomic E-state index is 14.0. The monoisotopic (exact) mass is 584 g/mol. The lowest BCUT2D eigenvalue weighted by molar-refractivity contribution is -0.137. The van der Waals surface area contributed by atoms with Crippen LogP contribution in [0.15, 0.2) is 105 Å². The Morgan fingerprint density at radius 2 is 1.81 bits per heavy atom. The van der Waals surface area contributed by atoms with E-state index >= 15 is 0 Å². The molecule has 5 aromatic rings. The molecule has 7 rings (SSSR count). The summed E-state index contributed by atoms with van der Waals surface area (Å²) in [4.78, 5) is 19.6. The zero-order valence-electron chi connectivity index (χ0n) is 22.3. The van der Waals surface area contributed by atoms with E-state index in [1.165, 1.54) is 23.0 Å². The lowest BCUT2D eigenvalue weighted by Gasteiger charge is -2.31. The highest BCUT2D eigenvalue weighted by Crippen LogP contribution is 2.43. The number of hydrogen-bond donors (Lipinski definition) is 0. The second-order valence-corrected chi connectivity index (χ2v) is 11.1. The summed E-state index contributed by atoms with van der Waals surface area (Å²) >= 11 is 1.25. The van der Waals surface area contributed by atoms with Gasteiger partial charge in [-0.05, 0) is 54.3 Å². The highest BCUT2D eigenvalue weighted by Gasteiger charge is 2.34. The number of aromatic nitrogens is 1. The molecule has 1 atom stereocenters. The molecule has 2 aromatic heterocycles. The maximum Gasteiger partial charge on any atom is 0.416 e. The molecule has 210 valence electrons. The third-order valence-electron chi connectivity index (χ3n) is 7.68. The predicted octanol–water partition coefficient (Wildman–Crippen LogP) is 6.61. The van der Waals surface area contributed by atoms with E-state index in [9.17, 15) is 18.0 Å². The van der Waals surface area contributed by atoms with Crippen molar-refractivity contribution in [3.05, 3.63) is 138 Å². The van der Waals surface area contributed by atoms with Crippen LogP contribution in [-0.4, -0.2) is 11.7 Å². The Hall–Kier alpha value is -4.63. The minimum Gasteiger partial charge on any atom is -0.496 e. The van der Waals surface area contributed by atoms with Crippen molar-refractivity contribution in [2.75, 3.05) is 7.11 Å². The molecule has 1 aliphatic carbocycles. The molecular formula is C33H23F3N2O3S. The van der Waals surface area contributed by atoms with E-state index in [4.69, 9.17) is 14.1 Å². The standard InChI is InChI=1S/C33H23F3N2O3S/c1-40-27-12-5-4-11-24(27)30-25-15-13-19-7-2-3-10-23(19)29(25)37-32-38(30)31(39)28(42-32)18-22-14-16-26(41-22)20-8-6-9-21(17-20)33(34,35)36/h2-12,14,16-18,30H,13,15H2,1H3/b28-18-/t30-/m1/s1. The minimum absolute atomic E-state index is 0.225. The second kappa shape index (κ2) is 10.0. The Kier molecular flexibility index (Phi) is 6.27. The third-order valence-corrected chi connectivity index (χ3v) is 8.66. The molecule has 0 radical (unpaired) electrons. The molecular weight excluding hydrogens is 561 g/mol. The van der Waals surface area contributed by atoms with E-state index < -0.39 is 17.8 Å². The fraction of sp³-hybridized carbons (Fsp3) is 0.152. The molecule has 0 bridgehead atoms. The van der Waals surface area contributed by atoms with Gasteiger partial charge in [0, 0.05) is 22.8 Å². The van der Waals surface area contributed by atoms with E-state index in [0.717, 1.165) is 47.4 Å². The van der Waals surface area contributed by atoms with Crippen LogP contribution < -0.4 is 19.6 Å². The van der Waals surface area contributed by atoms with Gasteiger partial charge in [0.05, 0.1) is 28.9 Å². The Bertz CT molecular complexity index is 2070. The summed E-state index contributed by atoms with van der Waals surface area (Å²) in [7, 11) is 1.62. The molecule has 3 aromatic carbocycles. The SMILES string of the molecule is COc1ccccc1[C@@H]1C2=C(N=c3s/c(=C\c4ccc(-c5cccc(C(F)(F)F)c5)o4)c(=O)n31)c1ccccc1CC2. The van der Waals surface area contributed by atoms with Crippen molar-refractivity contribution in [2.24, 2.45) is 4.99 Å². The number of benzene rings is 3. The second-order valence-electron chi connectivity index (χ2n) is 10.1. The molecule has 42 heavy (non-hydrogen) atoms. The summed E-state index contributed by atoms with van der Waals surface area (Å²) < 4.78 is 53.4. The minimum atomic E-state index is -4.46. The van der Waals surface area contributed by atoms with E-state index in [1.54, 1.807) is 36.0 Å². The van der Waals surface area contributed by atoms with Crippen molar-refractivity contribution < 1.29 is 22.3 Å². The number of nitrogens with zero attached hydrogens (tertiary/aromatic N) is 2. The van der Waals surface area contributed by atoms with Crippen molar-refractivity contribution in [3.8, 4) is 17.1 Å². The number of methoxy groups -OCH3 is 1. The molecule has 0 fully saturated rings. The molecule has 0 unspecified atom stereocenters. The largest absolute Gasteiger partial charge is 0.496 e. The van der Waals surface area contributed by atoms with Crippen LogP contribution in [0.4, 0.5) is 13.2 Å². The number of aryl methyl sites for hydroxylation is 1. The van der Waals surface area contributed by atoms with Gasteiger partial charge in [0.1, 0.15) is 17.3 Å². The van der Waals surface area contributed by atoms with Crippen LogP contribution in [-0.2, 0) is 12.6 Å². The summed E-state index contributed by atoms with van der Waals surface area (Å²) in [6.07, 6.45) is -1.25. The fourth-order valence-electron chi connectivity index (χ4n) is 5.75. The van der Waals surface area contributed by atoms with Crippen molar-refractivity contribution in [1.82, 2.24) is 4.57 Å². The Balaban J connectivity index is 1.38. The van der Waals surface area contributed by atoms with E-state index in [2.05, 4.69) is 12.1 Å². The summed E-state index contributed by atoms with van der Waals surface area (Å²) in [6.45, 7) is 0. The maximum absolute atomic E-state index is 14.0. The van der Waals surface area contributed by atoms with Crippen LogP contribution >= 0.6 is 11.3 Å².